The maximum atomic E-state index is 12.7. The molecule has 0 aromatic heterocycles. The lowest BCUT2D eigenvalue weighted by molar-refractivity contribution is -0.112. The molecule has 2 aliphatic carbocycles. The van der Waals surface area contributed by atoms with Crippen molar-refractivity contribution >= 4 is 17.3 Å². The van der Waals surface area contributed by atoms with Crippen molar-refractivity contribution in [3.63, 3.8) is 0 Å². The van der Waals surface area contributed by atoms with Crippen LogP contribution in [0.2, 0.25) is 0 Å². The Labute approximate surface area is 135 Å². The van der Waals surface area contributed by atoms with Crippen LogP contribution < -0.4 is 0 Å². The number of carbonyl (C=O) groups is 2. The summed E-state index contributed by atoms with van der Waals surface area (Å²) in [4.78, 5) is 25.2. The van der Waals surface area contributed by atoms with E-state index in [0.29, 0.717) is 11.1 Å². The van der Waals surface area contributed by atoms with Crippen LogP contribution in [0.1, 0.15) is 60.7 Å². The molecule has 1 aromatic rings. The average Bonchev–Trinajstić information content (AvgIpc) is 2.51. The van der Waals surface area contributed by atoms with Crippen LogP contribution in [0, 0.1) is 5.92 Å². The van der Waals surface area contributed by atoms with Crippen LogP contribution in [0.3, 0.4) is 0 Å². The van der Waals surface area contributed by atoms with Crippen LogP contribution in [0.15, 0.2) is 17.7 Å². The molecule has 1 atom stereocenters. The predicted octanol–water partition coefficient (Wildman–Crippen LogP) is 2.96. The molecule has 2 N–H and O–H groups in total. The maximum absolute atomic E-state index is 12.7. The van der Waals surface area contributed by atoms with Gasteiger partial charge in [0, 0.05) is 23.7 Å². The summed E-state index contributed by atoms with van der Waals surface area (Å²) in [5, 5.41) is 19.8. The highest BCUT2D eigenvalue weighted by Crippen LogP contribution is 2.42. The van der Waals surface area contributed by atoms with Gasteiger partial charge in [0.1, 0.15) is 5.76 Å². The Hall–Kier alpha value is -1.94. The summed E-state index contributed by atoms with van der Waals surface area (Å²) in [6.45, 7) is 5.62. The summed E-state index contributed by atoms with van der Waals surface area (Å²) in [5.41, 5.74) is 2.78. The number of carbonyl (C=O) groups excluding carboxylic acids is 2. The molecular weight excluding hydrogens is 292 g/mol. The van der Waals surface area contributed by atoms with Crippen molar-refractivity contribution in [2.24, 2.45) is 5.92 Å². The van der Waals surface area contributed by atoms with Crippen molar-refractivity contribution in [3.8, 4) is 0 Å². The van der Waals surface area contributed by atoms with Gasteiger partial charge in [0.05, 0.1) is 5.57 Å². The van der Waals surface area contributed by atoms with Crippen LogP contribution in [-0.2, 0) is 16.6 Å². The van der Waals surface area contributed by atoms with Crippen molar-refractivity contribution < 1.29 is 19.8 Å². The molecule has 0 aliphatic heterocycles. The van der Waals surface area contributed by atoms with Gasteiger partial charge in [-0.05, 0) is 35.8 Å². The number of ketones is 2. The first-order valence-corrected chi connectivity index (χ1v) is 8.09. The minimum Gasteiger partial charge on any atom is -0.507 e. The van der Waals surface area contributed by atoms with E-state index in [1.165, 1.54) is 0 Å². The Morgan fingerprint density at radius 3 is 2.57 bits per heavy atom. The summed E-state index contributed by atoms with van der Waals surface area (Å²) in [6, 6.07) is 3.71. The Bertz CT molecular complexity index is 740. The molecule has 0 spiro atoms. The van der Waals surface area contributed by atoms with Gasteiger partial charge in [-0.15, -0.1) is 0 Å². The van der Waals surface area contributed by atoms with Gasteiger partial charge >= 0.3 is 0 Å². The number of aliphatic hydroxyl groups excluding tert-OH is 2. The third kappa shape index (κ3) is 2.24. The topological polar surface area (TPSA) is 74.6 Å². The fourth-order valence-corrected chi connectivity index (χ4v) is 3.88. The summed E-state index contributed by atoms with van der Waals surface area (Å²) >= 11 is 0. The van der Waals surface area contributed by atoms with Crippen LogP contribution in [0.25, 0.3) is 5.76 Å². The summed E-state index contributed by atoms with van der Waals surface area (Å²) < 4.78 is 0. The van der Waals surface area contributed by atoms with Crippen LogP contribution in [0.4, 0.5) is 0 Å². The van der Waals surface area contributed by atoms with Gasteiger partial charge in [-0.1, -0.05) is 32.9 Å². The highest BCUT2D eigenvalue weighted by atomic mass is 16.3. The molecule has 0 saturated carbocycles. The summed E-state index contributed by atoms with van der Waals surface area (Å²) in [7, 11) is 0. The van der Waals surface area contributed by atoms with E-state index in [9.17, 15) is 19.8 Å². The minimum atomic E-state index is -0.687. The molecule has 4 nitrogen and oxygen atoms in total. The lowest BCUT2D eigenvalue weighted by atomic mass is 9.69. The third-order valence-electron chi connectivity index (χ3n) is 5.23. The van der Waals surface area contributed by atoms with Crippen molar-refractivity contribution in [1.29, 1.82) is 0 Å². The maximum Gasteiger partial charge on any atom is 0.234 e. The van der Waals surface area contributed by atoms with E-state index in [1.807, 2.05) is 6.07 Å². The van der Waals surface area contributed by atoms with E-state index in [0.717, 1.165) is 30.4 Å². The van der Waals surface area contributed by atoms with Gasteiger partial charge in [-0.3, -0.25) is 9.59 Å². The molecule has 0 saturated heterocycles. The molecule has 4 heteroatoms. The molecule has 0 radical (unpaired) electrons. The van der Waals surface area contributed by atoms with Crippen molar-refractivity contribution in [2.75, 3.05) is 6.61 Å². The SMILES string of the molecule is C[C@H](CO)C1=C(O)c2ccc3c(c2C(=O)C1=O)CCCC3(C)C. The van der Waals surface area contributed by atoms with E-state index >= 15 is 0 Å². The Morgan fingerprint density at radius 1 is 1.22 bits per heavy atom. The fourth-order valence-electron chi connectivity index (χ4n) is 3.88. The van der Waals surface area contributed by atoms with E-state index in [1.54, 1.807) is 13.0 Å². The standard InChI is InChI=1S/C19H22O4/c1-10(9-20)14-16(21)12-6-7-13-11(5-4-8-19(13,2)3)15(12)18(23)17(14)22/h6-7,10,20-21H,4-5,8-9H2,1-3H3/t10-/m1/s1. The first-order valence-electron chi connectivity index (χ1n) is 8.09. The number of hydrogen-bond acceptors (Lipinski definition) is 4. The summed E-state index contributed by atoms with van der Waals surface area (Å²) in [5.74, 6) is -1.96. The van der Waals surface area contributed by atoms with Gasteiger partial charge < -0.3 is 10.2 Å². The lowest BCUT2D eigenvalue weighted by Gasteiger charge is -2.35. The normalized spacial score (nSPS) is 21.0. The van der Waals surface area contributed by atoms with Crippen LogP contribution in [0.5, 0.6) is 0 Å². The zero-order chi connectivity index (χ0) is 16.9. The smallest absolute Gasteiger partial charge is 0.234 e. The fraction of sp³-hybridized carbons (Fsp3) is 0.474. The second-order valence-electron chi connectivity index (χ2n) is 7.26. The Kier molecular flexibility index (Phi) is 3.68. The molecule has 2 aliphatic rings. The van der Waals surface area contributed by atoms with Crippen LogP contribution >= 0.6 is 0 Å². The third-order valence-corrected chi connectivity index (χ3v) is 5.23. The Morgan fingerprint density at radius 2 is 1.91 bits per heavy atom. The molecule has 1 aromatic carbocycles. The van der Waals surface area contributed by atoms with Gasteiger partial charge in [0.25, 0.3) is 0 Å². The monoisotopic (exact) mass is 314 g/mol. The van der Waals surface area contributed by atoms with E-state index in [2.05, 4.69) is 13.8 Å². The highest BCUT2D eigenvalue weighted by Gasteiger charge is 2.39. The first-order chi connectivity index (χ1) is 10.8. The molecule has 3 rings (SSSR count). The molecule has 122 valence electrons. The number of Topliss-reactive ketones (excluding diaryl/α,β-unsaturated/α-hetero) is 2. The average molecular weight is 314 g/mol. The number of rotatable bonds is 2. The molecule has 0 heterocycles. The van der Waals surface area contributed by atoms with Gasteiger partial charge in [0.2, 0.25) is 11.6 Å². The molecular formula is C19H22O4. The largest absolute Gasteiger partial charge is 0.507 e. The van der Waals surface area contributed by atoms with Crippen molar-refractivity contribution in [1.82, 2.24) is 0 Å². The molecule has 0 fully saturated rings. The second kappa shape index (κ2) is 5.31. The number of benzene rings is 1. The number of fused-ring (bicyclic) bond motifs is 3. The number of hydrogen-bond donors (Lipinski definition) is 2. The minimum absolute atomic E-state index is 0.0278. The quantitative estimate of drug-likeness (QED) is 0.823. The van der Waals surface area contributed by atoms with E-state index < -0.39 is 17.5 Å². The molecule has 23 heavy (non-hydrogen) atoms. The van der Waals surface area contributed by atoms with Gasteiger partial charge in [0.15, 0.2) is 0 Å². The number of aliphatic hydroxyl groups is 2. The predicted molar refractivity (Wildman–Crippen MR) is 87.5 cm³/mol. The van der Waals surface area contributed by atoms with Gasteiger partial charge in [-0.25, -0.2) is 0 Å². The van der Waals surface area contributed by atoms with Gasteiger partial charge in [-0.2, -0.15) is 0 Å². The Balaban J connectivity index is 2.29. The molecule has 0 amide bonds. The molecule has 0 bridgehead atoms. The highest BCUT2D eigenvalue weighted by molar-refractivity contribution is 6.52. The van der Waals surface area contributed by atoms with E-state index in [4.69, 9.17) is 0 Å². The van der Waals surface area contributed by atoms with Crippen LogP contribution in [-0.4, -0.2) is 28.4 Å². The lowest BCUT2D eigenvalue weighted by Crippen LogP contribution is -2.32. The second-order valence-corrected chi connectivity index (χ2v) is 7.26. The van der Waals surface area contributed by atoms with Crippen molar-refractivity contribution in [3.05, 3.63) is 40.0 Å². The molecule has 0 unspecified atom stereocenters. The van der Waals surface area contributed by atoms with E-state index in [-0.39, 0.29) is 23.4 Å². The zero-order valence-corrected chi connectivity index (χ0v) is 13.8. The summed E-state index contributed by atoms with van der Waals surface area (Å²) in [6.07, 6.45) is 2.75. The first kappa shape index (κ1) is 15.9. The zero-order valence-electron chi connectivity index (χ0n) is 13.8. The van der Waals surface area contributed by atoms with Crippen molar-refractivity contribution in [2.45, 2.75) is 45.4 Å².